The van der Waals surface area contributed by atoms with Gasteiger partial charge in [0.15, 0.2) is 0 Å². The maximum atomic E-state index is 6.31. The molecule has 2 aliphatic rings. The van der Waals surface area contributed by atoms with Crippen LogP contribution in [-0.2, 0) is 6.61 Å². The van der Waals surface area contributed by atoms with Gasteiger partial charge in [-0.2, -0.15) is 0 Å². The fourth-order valence-corrected chi connectivity index (χ4v) is 4.57. The Kier molecular flexibility index (Phi) is 5.88. The topological polar surface area (TPSA) is 24.5 Å². The van der Waals surface area contributed by atoms with E-state index in [2.05, 4.69) is 64.8 Å². The van der Waals surface area contributed by atoms with E-state index in [9.17, 15) is 0 Å². The third-order valence-electron chi connectivity index (χ3n) is 5.87. The Hall–Kier alpha value is -1.84. The molecule has 26 heavy (non-hydrogen) atoms. The number of nitrogens with one attached hydrogen (secondary N) is 1. The van der Waals surface area contributed by atoms with Gasteiger partial charge in [0.1, 0.15) is 12.4 Å². The maximum Gasteiger partial charge on any atom is 0.124 e. The largest absolute Gasteiger partial charge is 0.489 e. The number of para-hydroxylation sites is 1. The molecule has 2 fully saturated rings. The second-order valence-electron chi connectivity index (χ2n) is 7.59. The van der Waals surface area contributed by atoms with E-state index < -0.39 is 0 Å². The van der Waals surface area contributed by atoms with Gasteiger partial charge in [0, 0.05) is 37.8 Å². The van der Waals surface area contributed by atoms with Gasteiger partial charge < -0.3 is 10.1 Å². The first-order valence-electron chi connectivity index (χ1n) is 10.1. The molecule has 1 saturated carbocycles. The summed E-state index contributed by atoms with van der Waals surface area (Å²) in [5.41, 5.74) is 2.61. The first-order valence-corrected chi connectivity index (χ1v) is 10.1. The highest BCUT2D eigenvalue weighted by Gasteiger charge is 2.33. The molecule has 2 aromatic carbocycles. The fourth-order valence-electron chi connectivity index (χ4n) is 4.57. The first-order chi connectivity index (χ1) is 12.9. The van der Waals surface area contributed by atoms with Crippen molar-refractivity contribution in [1.82, 2.24) is 10.2 Å². The molecule has 1 aliphatic heterocycles. The zero-order chi connectivity index (χ0) is 17.6. The summed E-state index contributed by atoms with van der Waals surface area (Å²) in [5.74, 6) is 1.82. The van der Waals surface area contributed by atoms with Crippen LogP contribution in [0.5, 0.6) is 5.75 Å². The van der Waals surface area contributed by atoms with Crippen LogP contribution in [-0.4, -0.2) is 31.1 Å². The van der Waals surface area contributed by atoms with Crippen molar-refractivity contribution in [3.8, 4) is 5.75 Å². The number of rotatable bonds is 6. The van der Waals surface area contributed by atoms with Crippen molar-refractivity contribution in [1.29, 1.82) is 0 Å². The van der Waals surface area contributed by atoms with E-state index >= 15 is 0 Å². The molecule has 1 N–H and O–H groups in total. The molecule has 4 rings (SSSR count). The van der Waals surface area contributed by atoms with E-state index in [1.54, 1.807) is 0 Å². The molecule has 0 amide bonds. The van der Waals surface area contributed by atoms with Gasteiger partial charge in [0.05, 0.1) is 0 Å². The highest BCUT2D eigenvalue weighted by atomic mass is 16.5. The Balaban J connectivity index is 1.58. The van der Waals surface area contributed by atoms with Crippen molar-refractivity contribution in [2.75, 3.05) is 26.2 Å². The lowest BCUT2D eigenvalue weighted by atomic mass is 9.89. The van der Waals surface area contributed by atoms with E-state index in [0.717, 1.165) is 37.8 Å². The van der Waals surface area contributed by atoms with Gasteiger partial charge in [0.2, 0.25) is 0 Å². The standard InChI is InChI=1S/C23H30N2O/c1-2-8-19(9-3-1)18-26-22-13-7-6-12-21(22)23(20-10-4-5-11-20)25-16-14-24-15-17-25/h1-3,6-9,12-13,20,23-24H,4-5,10-11,14-18H2/t23-/m0/s1. The number of piperazine rings is 1. The van der Waals surface area contributed by atoms with Gasteiger partial charge >= 0.3 is 0 Å². The minimum Gasteiger partial charge on any atom is -0.489 e. The van der Waals surface area contributed by atoms with Gasteiger partial charge in [-0.3, -0.25) is 4.90 Å². The summed E-state index contributed by atoms with van der Waals surface area (Å²) in [6.07, 6.45) is 5.45. The van der Waals surface area contributed by atoms with Crippen molar-refractivity contribution >= 4 is 0 Å². The number of hydrogen-bond donors (Lipinski definition) is 1. The lowest BCUT2D eigenvalue weighted by molar-refractivity contribution is 0.122. The van der Waals surface area contributed by atoms with Gasteiger partial charge in [-0.1, -0.05) is 61.4 Å². The summed E-state index contributed by atoms with van der Waals surface area (Å²) in [6, 6.07) is 19.7. The Bertz CT molecular complexity index is 676. The van der Waals surface area contributed by atoms with Crippen molar-refractivity contribution in [2.45, 2.75) is 38.3 Å². The lowest BCUT2D eigenvalue weighted by Crippen LogP contribution is -2.46. The molecule has 3 nitrogen and oxygen atoms in total. The highest BCUT2D eigenvalue weighted by Crippen LogP contribution is 2.42. The number of hydrogen-bond acceptors (Lipinski definition) is 3. The van der Waals surface area contributed by atoms with Crippen molar-refractivity contribution in [2.24, 2.45) is 5.92 Å². The molecular formula is C23H30N2O. The molecule has 1 aliphatic carbocycles. The van der Waals surface area contributed by atoms with Crippen molar-refractivity contribution in [3.05, 3.63) is 65.7 Å². The minimum absolute atomic E-state index is 0.492. The summed E-state index contributed by atoms with van der Waals surface area (Å²) in [4.78, 5) is 2.69. The van der Waals surface area contributed by atoms with Crippen LogP contribution in [0.2, 0.25) is 0 Å². The second kappa shape index (κ2) is 8.70. The minimum atomic E-state index is 0.492. The van der Waals surface area contributed by atoms with Gasteiger partial charge in [-0.15, -0.1) is 0 Å². The molecule has 0 unspecified atom stereocenters. The van der Waals surface area contributed by atoms with Crippen LogP contribution in [0, 0.1) is 5.92 Å². The predicted molar refractivity (Wildman–Crippen MR) is 106 cm³/mol. The molecule has 0 bridgehead atoms. The molecular weight excluding hydrogens is 320 g/mol. The van der Waals surface area contributed by atoms with Crippen LogP contribution >= 0.6 is 0 Å². The SMILES string of the molecule is c1ccc(COc2ccccc2[C@H](C2CCCC2)N2CCNCC2)cc1. The zero-order valence-electron chi connectivity index (χ0n) is 15.6. The van der Waals surface area contributed by atoms with Crippen LogP contribution < -0.4 is 10.1 Å². The molecule has 3 heteroatoms. The second-order valence-corrected chi connectivity index (χ2v) is 7.59. The Morgan fingerprint density at radius 2 is 1.62 bits per heavy atom. The van der Waals surface area contributed by atoms with Gasteiger partial charge in [-0.05, 0) is 30.4 Å². The third-order valence-corrected chi connectivity index (χ3v) is 5.87. The molecule has 0 aromatic heterocycles. The summed E-state index contributed by atoms with van der Waals surface area (Å²) in [6.45, 7) is 5.09. The molecule has 0 spiro atoms. The quantitative estimate of drug-likeness (QED) is 0.835. The van der Waals surface area contributed by atoms with Gasteiger partial charge in [-0.25, -0.2) is 0 Å². The van der Waals surface area contributed by atoms with Crippen LogP contribution in [0.25, 0.3) is 0 Å². The molecule has 1 heterocycles. The molecule has 1 saturated heterocycles. The Labute approximate surface area is 157 Å². The van der Waals surface area contributed by atoms with Crippen molar-refractivity contribution < 1.29 is 4.74 Å². The summed E-state index contributed by atoms with van der Waals surface area (Å²) < 4.78 is 6.31. The molecule has 1 atom stereocenters. The van der Waals surface area contributed by atoms with E-state index in [-0.39, 0.29) is 0 Å². The summed E-state index contributed by atoms with van der Waals surface area (Å²) >= 11 is 0. The molecule has 138 valence electrons. The molecule has 0 radical (unpaired) electrons. The average molecular weight is 351 g/mol. The fraction of sp³-hybridized carbons (Fsp3) is 0.478. The smallest absolute Gasteiger partial charge is 0.124 e. The van der Waals surface area contributed by atoms with E-state index in [0.29, 0.717) is 12.6 Å². The predicted octanol–water partition coefficient (Wildman–Crippen LogP) is 4.40. The molecule has 2 aromatic rings. The third kappa shape index (κ3) is 4.11. The van der Waals surface area contributed by atoms with Crippen LogP contribution in [0.1, 0.15) is 42.9 Å². The van der Waals surface area contributed by atoms with Crippen LogP contribution in [0.15, 0.2) is 54.6 Å². The normalized spacial score (nSPS) is 20.2. The Morgan fingerprint density at radius 3 is 2.38 bits per heavy atom. The number of benzene rings is 2. The highest BCUT2D eigenvalue weighted by molar-refractivity contribution is 5.37. The Morgan fingerprint density at radius 1 is 0.923 bits per heavy atom. The van der Waals surface area contributed by atoms with E-state index in [1.807, 2.05) is 0 Å². The summed E-state index contributed by atoms with van der Waals surface area (Å²) in [7, 11) is 0. The maximum absolute atomic E-state index is 6.31. The van der Waals surface area contributed by atoms with Crippen molar-refractivity contribution in [3.63, 3.8) is 0 Å². The lowest BCUT2D eigenvalue weighted by Gasteiger charge is -2.39. The van der Waals surface area contributed by atoms with Crippen LogP contribution in [0.4, 0.5) is 0 Å². The monoisotopic (exact) mass is 350 g/mol. The zero-order valence-corrected chi connectivity index (χ0v) is 15.6. The summed E-state index contributed by atoms with van der Waals surface area (Å²) in [5, 5.41) is 3.50. The first kappa shape index (κ1) is 17.6. The van der Waals surface area contributed by atoms with E-state index in [1.165, 1.54) is 36.8 Å². The van der Waals surface area contributed by atoms with Gasteiger partial charge in [0.25, 0.3) is 0 Å². The average Bonchev–Trinajstić information content (AvgIpc) is 3.23. The number of ether oxygens (including phenoxy) is 1. The number of nitrogens with zero attached hydrogens (tertiary/aromatic N) is 1. The van der Waals surface area contributed by atoms with Crippen LogP contribution in [0.3, 0.4) is 0 Å². The van der Waals surface area contributed by atoms with E-state index in [4.69, 9.17) is 4.74 Å².